The average molecular weight is 208 g/mol. The molecule has 0 saturated carbocycles. The summed E-state index contributed by atoms with van der Waals surface area (Å²) in [4.78, 5) is 11.2. The molecule has 0 aliphatic carbocycles. The number of rotatable bonds is 5. The van der Waals surface area contributed by atoms with Crippen LogP contribution in [0.3, 0.4) is 0 Å². The van der Waals surface area contributed by atoms with E-state index in [1.165, 1.54) is 0 Å². The summed E-state index contributed by atoms with van der Waals surface area (Å²) < 4.78 is 0. The molecule has 4 N–H and O–H groups in total. The molecule has 1 unspecified atom stereocenters. The SMILES string of the molecule is CCCNC(C(N)=O)c1ccccc1O. The van der Waals surface area contributed by atoms with Crippen LogP contribution >= 0.6 is 0 Å². The summed E-state index contributed by atoms with van der Waals surface area (Å²) in [6.45, 7) is 2.68. The fourth-order valence-corrected chi connectivity index (χ4v) is 1.38. The number of benzene rings is 1. The van der Waals surface area contributed by atoms with Crippen LogP contribution in [0.15, 0.2) is 24.3 Å². The number of carbonyl (C=O) groups excluding carboxylic acids is 1. The standard InChI is InChI=1S/C11H16N2O2/c1-2-7-13-10(11(12)15)8-5-3-4-6-9(8)14/h3-6,10,13-14H,2,7H2,1H3,(H2,12,15). The smallest absolute Gasteiger partial charge is 0.239 e. The lowest BCUT2D eigenvalue weighted by molar-refractivity contribution is -0.120. The Hall–Kier alpha value is -1.55. The van der Waals surface area contributed by atoms with Gasteiger partial charge in [0.15, 0.2) is 0 Å². The summed E-state index contributed by atoms with van der Waals surface area (Å²) in [5, 5.41) is 12.6. The highest BCUT2D eigenvalue weighted by atomic mass is 16.3. The Balaban J connectivity index is 2.89. The highest BCUT2D eigenvalue weighted by Crippen LogP contribution is 2.23. The van der Waals surface area contributed by atoms with E-state index in [0.29, 0.717) is 12.1 Å². The Kier molecular flexibility index (Phi) is 4.12. The van der Waals surface area contributed by atoms with Gasteiger partial charge in [-0.1, -0.05) is 25.1 Å². The molecular formula is C11H16N2O2. The minimum atomic E-state index is -0.619. The van der Waals surface area contributed by atoms with Crippen molar-refractivity contribution in [1.29, 1.82) is 0 Å². The normalized spacial score (nSPS) is 12.3. The molecule has 1 amide bonds. The van der Waals surface area contributed by atoms with Crippen LogP contribution in [0.25, 0.3) is 0 Å². The zero-order chi connectivity index (χ0) is 11.3. The number of hydrogen-bond donors (Lipinski definition) is 3. The molecule has 0 saturated heterocycles. The van der Waals surface area contributed by atoms with Crippen LogP contribution in [-0.4, -0.2) is 17.6 Å². The lowest BCUT2D eigenvalue weighted by Crippen LogP contribution is -2.34. The minimum Gasteiger partial charge on any atom is -0.508 e. The predicted molar refractivity (Wildman–Crippen MR) is 58.3 cm³/mol. The molecule has 0 radical (unpaired) electrons. The van der Waals surface area contributed by atoms with Gasteiger partial charge in [0, 0.05) is 5.56 Å². The van der Waals surface area contributed by atoms with E-state index in [2.05, 4.69) is 5.32 Å². The molecule has 0 bridgehead atoms. The van der Waals surface area contributed by atoms with E-state index in [0.717, 1.165) is 6.42 Å². The first-order valence-corrected chi connectivity index (χ1v) is 4.97. The second-order valence-corrected chi connectivity index (χ2v) is 3.35. The fourth-order valence-electron chi connectivity index (χ4n) is 1.38. The third-order valence-electron chi connectivity index (χ3n) is 2.13. The van der Waals surface area contributed by atoms with Gasteiger partial charge in [0.25, 0.3) is 0 Å². The molecule has 0 aliphatic heterocycles. The van der Waals surface area contributed by atoms with Gasteiger partial charge in [0.2, 0.25) is 5.91 Å². The number of carbonyl (C=O) groups is 1. The van der Waals surface area contributed by atoms with Crippen LogP contribution in [0.4, 0.5) is 0 Å². The molecule has 0 heterocycles. The van der Waals surface area contributed by atoms with Crippen LogP contribution in [0.1, 0.15) is 24.9 Å². The molecular weight excluding hydrogens is 192 g/mol. The van der Waals surface area contributed by atoms with E-state index in [1.54, 1.807) is 24.3 Å². The molecule has 0 aromatic heterocycles. The van der Waals surface area contributed by atoms with E-state index in [1.807, 2.05) is 6.92 Å². The van der Waals surface area contributed by atoms with E-state index in [4.69, 9.17) is 5.73 Å². The van der Waals surface area contributed by atoms with Crippen LogP contribution in [0, 0.1) is 0 Å². The van der Waals surface area contributed by atoms with Crippen molar-refractivity contribution in [2.24, 2.45) is 5.73 Å². The summed E-state index contributed by atoms with van der Waals surface area (Å²) in [6, 6.07) is 6.08. The first kappa shape index (κ1) is 11.5. The summed E-state index contributed by atoms with van der Waals surface area (Å²) in [5.74, 6) is -0.394. The number of hydrogen-bond acceptors (Lipinski definition) is 3. The fraction of sp³-hybridized carbons (Fsp3) is 0.364. The first-order valence-electron chi connectivity index (χ1n) is 4.97. The zero-order valence-electron chi connectivity index (χ0n) is 8.73. The van der Waals surface area contributed by atoms with E-state index in [9.17, 15) is 9.90 Å². The van der Waals surface area contributed by atoms with Crippen LogP contribution in [0.2, 0.25) is 0 Å². The molecule has 82 valence electrons. The topological polar surface area (TPSA) is 75.3 Å². The third kappa shape index (κ3) is 2.95. The summed E-state index contributed by atoms with van der Waals surface area (Å²) in [5.41, 5.74) is 5.79. The van der Waals surface area contributed by atoms with Gasteiger partial charge in [-0.05, 0) is 19.0 Å². The molecule has 15 heavy (non-hydrogen) atoms. The van der Waals surface area contributed by atoms with Crippen molar-refractivity contribution in [1.82, 2.24) is 5.32 Å². The minimum absolute atomic E-state index is 0.0879. The average Bonchev–Trinajstić information content (AvgIpc) is 2.20. The van der Waals surface area contributed by atoms with Gasteiger partial charge in [-0.2, -0.15) is 0 Å². The first-order chi connectivity index (χ1) is 7.16. The van der Waals surface area contributed by atoms with Crippen molar-refractivity contribution in [2.75, 3.05) is 6.54 Å². The lowest BCUT2D eigenvalue weighted by Gasteiger charge is -2.16. The molecule has 1 aromatic rings. The lowest BCUT2D eigenvalue weighted by atomic mass is 10.1. The van der Waals surface area contributed by atoms with Crippen LogP contribution < -0.4 is 11.1 Å². The van der Waals surface area contributed by atoms with Crippen molar-refractivity contribution in [3.63, 3.8) is 0 Å². The van der Waals surface area contributed by atoms with Gasteiger partial charge in [0.1, 0.15) is 11.8 Å². The number of para-hydroxylation sites is 1. The van der Waals surface area contributed by atoms with Gasteiger partial charge in [-0.15, -0.1) is 0 Å². The summed E-state index contributed by atoms with van der Waals surface area (Å²) in [6.07, 6.45) is 0.900. The second kappa shape index (κ2) is 5.36. The number of amides is 1. The quantitative estimate of drug-likeness (QED) is 0.673. The monoisotopic (exact) mass is 208 g/mol. The maximum absolute atomic E-state index is 11.2. The van der Waals surface area contributed by atoms with Crippen LogP contribution in [-0.2, 0) is 4.79 Å². The highest BCUT2D eigenvalue weighted by Gasteiger charge is 2.19. The van der Waals surface area contributed by atoms with Crippen molar-refractivity contribution in [3.8, 4) is 5.75 Å². The zero-order valence-corrected chi connectivity index (χ0v) is 8.73. The molecule has 0 fully saturated rings. The maximum atomic E-state index is 11.2. The predicted octanol–water partition coefficient (Wildman–Crippen LogP) is 0.918. The van der Waals surface area contributed by atoms with Gasteiger partial charge >= 0.3 is 0 Å². The Morgan fingerprint density at radius 1 is 1.53 bits per heavy atom. The number of aromatic hydroxyl groups is 1. The molecule has 4 nitrogen and oxygen atoms in total. The number of phenols is 1. The Bertz CT molecular complexity index is 339. The molecule has 1 atom stereocenters. The van der Waals surface area contributed by atoms with Crippen molar-refractivity contribution < 1.29 is 9.90 Å². The van der Waals surface area contributed by atoms with Gasteiger partial charge in [-0.3, -0.25) is 4.79 Å². The molecule has 0 spiro atoms. The van der Waals surface area contributed by atoms with Gasteiger partial charge in [-0.25, -0.2) is 0 Å². The molecule has 1 aromatic carbocycles. The van der Waals surface area contributed by atoms with Crippen molar-refractivity contribution in [3.05, 3.63) is 29.8 Å². The number of nitrogens with one attached hydrogen (secondary N) is 1. The highest BCUT2D eigenvalue weighted by molar-refractivity contribution is 5.82. The van der Waals surface area contributed by atoms with E-state index >= 15 is 0 Å². The molecule has 0 aliphatic rings. The van der Waals surface area contributed by atoms with Crippen LogP contribution in [0.5, 0.6) is 5.75 Å². The Morgan fingerprint density at radius 3 is 2.73 bits per heavy atom. The largest absolute Gasteiger partial charge is 0.508 e. The van der Waals surface area contributed by atoms with E-state index < -0.39 is 11.9 Å². The molecule has 1 rings (SSSR count). The van der Waals surface area contributed by atoms with Gasteiger partial charge in [0.05, 0.1) is 0 Å². The second-order valence-electron chi connectivity index (χ2n) is 3.35. The summed E-state index contributed by atoms with van der Waals surface area (Å²) >= 11 is 0. The Morgan fingerprint density at radius 2 is 2.20 bits per heavy atom. The summed E-state index contributed by atoms with van der Waals surface area (Å²) in [7, 11) is 0. The number of primary amides is 1. The third-order valence-corrected chi connectivity index (χ3v) is 2.13. The maximum Gasteiger partial charge on any atom is 0.239 e. The number of nitrogens with two attached hydrogens (primary N) is 1. The van der Waals surface area contributed by atoms with Crippen molar-refractivity contribution >= 4 is 5.91 Å². The molecule has 4 heteroatoms. The van der Waals surface area contributed by atoms with E-state index in [-0.39, 0.29) is 5.75 Å². The Labute approximate surface area is 89.1 Å². The number of phenolic OH excluding ortho intramolecular Hbond substituents is 1. The van der Waals surface area contributed by atoms with Crippen molar-refractivity contribution in [2.45, 2.75) is 19.4 Å². The van der Waals surface area contributed by atoms with Gasteiger partial charge < -0.3 is 16.2 Å².